The lowest BCUT2D eigenvalue weighted by atomic mass is 9.92. The molecule has 0 aromatic rings. The van der Waals surface area contributed by atoms with E-state index >= 15 is 0 Å². The molecule has 82 valence electrons. The lowest BCUT2D eigenvalue weighted by molar-refractivity contribution is -0.108. The number of hydrogen-bond acceptors (Lipinski definition) is 4. The average molecular weight is 202 g/mol. The van der Waals surface area contributed by atoms with Crippen LogP contribution in [0.1, 0.15) is 38.5 Å². The van der Waals surface area contributed by atoms with Gasteiger partial charge in [0.2, 0.25) is 0 Å². The van der Waals surface area contributed by atoms with Gasteiger partial charge in [-0.3, -0.25) is 0 Å². The van der Waals surface area contributed by atoms with E-state index in [0.29, 0.717) is 38.5 Å². The third-order valence-electron chi connectivity index (χ3n) is 2.22. The summed E-state index contributed by atoms with van der Waals surface area (Å²) < 4.78 is 0. The first-order chi connectivity index (χ1) is 6.68. The minimum atomic E-state index is -1.12. The molecular formula is C10H18O4. The van der Waals surface area contributed by atoms with Crippen molar-refractivity contribution in [3.63, 3.8) is 0 Å². The summed E-state index contributed by atoms with van der Waals surface area (Å²) >= 11 is 0. The van der Waals surface area contributed by atoms with Gasteiger partial charge in [-0.25, -0.2) is 0 Å². The minimum Gasteiger partial charge on any atom is -0.393 e. The Morgan fingerprint density at radius 2 is 1.43 bits per heavy atom. The summed E-state index contributed by atoms with van der Waals surface area (Å²) in [5.41, 5.74) is -1.12. The van der Waals surface area contributed by atoms with Crippen LogP contribution in [0.5, 0.6) is 0 Å². The van der Waals surface area contributed by atoms with Crippen molar-refractivity contribution in [3.8, 4) is 0 Å². The summed E-state index contributed by atoms with van der Waals surface area (Å²) in [5.74, 6) is 0. The predicted octanol–water partition coefficient (Wildman–Crippen LogP) is 0.448. The fourth-order valence-electron chi connectivity index (χ4n) is 1.31. The van der Waals surface area contributed by atoms with Gasteiger partial charge in [0, 0.05) is 12.8 Å². The Hall–Kier alpha value is -0.740. The van der Waals surface area contributed by atoms with Crippen molar-refractivity contribution < 1.29 is 19.8 Å². The Labute approximate surface area is 83.9 Å². The third kappa shape index (κ3) is 5.83. The number of carbonyl (C=O) groups excluding carboxylic acids is 2. The number of hydrogen-bond donors (Lipinski definition) is 2. The molecule has 0 spiro atoms. The SMILES string of the molecule is O=CCCCC(O)(CO)CCCC=O. The Morgan fingerprint density at radius 3 is 1.71 bits per heavy atom. The van der Waals surface area contributed by atoms with Gasteiger partial charge in [0.15, 0.2) is 0 Å². The van der Waals surface area contributed by atoms with Gasteiger partial charge in [0.05, 0.1) is 12.2 Å². The Kier molecular flexibility index (Phi) is 7.24. The molecule has 4 nitrogen and oxygen atoms in total. The molecule has 4 heteroatoms. The zero-order chi connectivity index (χ0) is 10.9. The van der Waals surface area contributed by atoms with Crippen LogP contribution >= 0.6 is 0 Å². The van der Waals surface area contributed by atoms with E-state index in [9.17, 15) is 14.7 Å². The Bertz CT molecular complexity index is 154. The summed E-state index contributed by atoms with van der Waals surface area (Å²) in [6, 6.07) is 0. The van der Waals surface area contributed by atoms with Crippen LogP contribution in [-0.4, -0.2) is 35.0 Å². The molecule has 0 radical (unpaired) electrons. The monoisotopic (exact) mass is 202 g/mol. The molecule has 14 heavy (non-hydrogen) atoms. The molecule has 0 amide bonds. The second-order valence-corrected chi connectivity index (χ2v) is 3.50. The first-order valence-corrected chi connectivity index (χ1v) is 4.89. The first-order valence-electron chi connectivity index (χ1n) is 4.89. The lowest BCUT2D eigenvalue weighted by Gasteiger charge is -2.25. The molecule has 0 saturated heterocycles. The number of aliphatic hydroxyl groups excluding tert-OH is 1. The van der Waals surface area contributed by atoms with Crippen molar-refractivity contribution in [3.05, 3.63) is 0 Å². The minimum absolute atomic E-state index is 0.315. The topological polar surface area (TPSA) is 74.6 Å². The van der Waals surface area contributed by atoms with Gasteiger partial charge in [-0.05, 0) is 25.7 Å². The standard InChI is InChI=1S/C10H18O4/c11-7-3-1-5-10(14,9-13)6-2-4-8-12/h7-8,13-14H,1-6,9H2. The smallest absolute Gasteiger partial charge is 0.119 e. The molecule has 0 aromatic carbocycles. The van der Waals surface area contributed by atoms with Gasteiger partial charge in [-0.15, -0.1) is 0 Å². The van der Waals surface area contributed by atoms with E-state index in [2.05, 4.69) is 0 Å². The summed E-state index contributed by atoms with van der Waals surface area (Å²) in [5, 5.41) is 18.7. The molecule has 0 aliphatic carbocycles. The highest BCUT2D eigenvalue weighted by molar-refractivity contribution is 5.49. The molecule has 0 rings (SSSR count). The maximum atomic E-state index is 10.0. The van der Waals surface area contributed by atoms with Crippen molar-refractivity contribution in [1.29, 1.82) is 0 Å². The van der Waals surface area contributed by atoms with Gasteiger partial charge >= 0.3 is 0 Å². The molecule has 0 aliphatic rings. The van der Waals surface area contributed by atoms with Crippen LogP contribution in [0.25, 0.3) is 0 Å². The quantitative estimate of drug-likeness (QED) is 0.420. The van der Waals surface area contributed by atoms with Crippen LogP contribution in [-0.2, 0) is 9.59 Å². The zero-order valence-corrected chi connectivity index (χ0v) is 8.32. The molecule has 0 unspecified atom stereocenters. The van der Waals surface area contributed by atoms with Gasteiger partial charge in [-0.2, -0.15) is 0 Å². The van der Waals surface area contributed by atoms with Gasteiger partial charge in [0.1, 0.15) is 12.6 Å². The summed E-state index contributed by atoms with van der Waals surface area (Å²) in [7, 11) is 0. The second-order valence-electron chi connectivity index (χ2n) is 3.50. The van der Waals surface area contributed by atoms with Crippen LogP contribution in [0, 0.1) is 0 Å². The van der Waals surface area contributed by atoms with Crippen LogP contribution < -0.4 is 0 Å². The highest BCUT2D eigenvalue weighted by atomic mass is 16.3. The fraction of sp³-hybridized carbons (Fsp3) is 0.800. The highest BCUT2D eigenvalue weighted by Gasteiger charge is 2.24. The van der Waals surface area contributed by atoms with Crippen molar-refractivity contribution >= 4 is 12.6 Å². The number of rotatable bonds is 9. The molecule has 0 aromatic heterocycles. The second kappa shape index (κ2) is 7.64. The van der Waals surface area contributed by atoms with Gasteiger partial charge < -0.3 is 19.8 Å². The number of carbonyl (C=O) groups is 2. The predicted molar refractivity (Wildman–Crippen MR) is 51.9 cm³/mol. The molecule has 0 aliphatic heterocycles. The first kappa shape index (κ1) is 13.3. The molecular weight excluding hydrogens is 184 g/mol. The summed E-state index contributed by atoms with van der Waals surface area (Å²) in [4.78, 5) is 20.1. The number of unbranched alkanes of at least 4 members (excludes halogenated alkanes) is 2. The van der Waals surface area contributed by atoms with Crippen LogP contribution in [0.15, 0.2) is 0 Å². The molecule has 0 atom stereocenters. The Balaban J connectivity index is 3.77. The fourth-order valence-corrected chi connectivity index (χ4v) is 1.31. The largest absolute Gasteiger partial charge is 0.393 e. The molecule has 2 N–H and O–H groups in total. The van der Waals surface area contributed by atoms with E-state index in [4.69, 9.17) is 5.11 Å². The summed E-state index contributed by atoms with van der Waals surface area (Å²) in [6.45, 7) is -0.315. The van der Waals surface area contributed by atoms with Gasteiger partial charge in [0.25, 0.3) is 0 Å². The lowest BCUT2D eigenvalue weighted by Crippen LogP contribution is -2.33. The maximum Gasteiger partial charge on any atom is 0.119 e. The van der Waals surface area contributed by atoms with Crippen molar-refractivity contribution in [2.24, 2.45) is 0 Å². The van der Waals surface area contributed by atoms with E-state index in [1.165, 1.54) is 0 Å². The van der Waals surface area contributed by atoms with Crippen LogP contribution in [0.4, 0.5) is 0 Å². The van der Waals surface area contributed by atoms with E-state index in [1.54, 1.807) is 0 Å². The van der Waals surface area contributed by atoms with Crippen LogP contribution in [0.2, 0.25) is 0 Å². The maximum absolute atomic E-state index is 10.0. The van der Waals surface area contributed by atoms with Crippen LogP contribution in [0.3, 0.4) is 0 Å². The molecule has 0 fully saturated rings. The van der Waals surface area contributed by atoms with Crippen molar-refractivity contribution in [2.75, 3.05) is 6.61 Å². The molecule has 0 bridgehead atoms. The number of aliphatic hydroxyl groups is 2. The van der Waals surface area contributed by atoms with E-state index in [1.807, 2.05) is 0 Å². The van der Waals surface area contributed by atoms with Crippen molar-refractivity contribution in [1.82, 2.24) is 0 Å². The van der Waals surface area contributed by atoms with E-state index in [0.717, 1.165) is 12.6 Å². The summed E-state index contributed by atoms with van der Waals surface area (Å²) in [6.07, 6.45) is 4.34. The number of aldehydes is 2. The highest BCUT2D eigenvalue weighted by Crippen LogP contribution is 2.20. The Morgan fingerprint density at radius 1 is 1.00 bits per heavy atom. The third-order valence-corrected chi connectivity index (χ3v) is 2.22. The van der Waals surface area contributed by atoms with E-state index in [-0.39, 0.29) is 6.61 Å². The van der Waals surface area contributed by atoms with Crippen molar-refractivity contribution in [2.45, 2.75) is 44.1 Å². The zero-order valence-electron chi connectivity index (χ0n) is 8.32. The van der Waals surface area contributed by atoms with E-state index < -0.39 is 5.60 Å². The molecule has 0 saturated carbocycles. The van der Waals surface area contributed by atoms with Gasteiger partial charge in [-0.1, -0.05) is 0 Å². The molecule has 0 heterocycles. The normalized spacial score (nSPS) is 11.3. The average Bonchev–Trinajstić information content (AvgIpc) is 2.19.